The topological polar surface area (TPSA) is 35.5 Å². The van der Waals surface area contributed by atoms with E-state index in [-0.39, 0.29) is 5.78 Å². The molecule has 106 valence electrons. The van der Waals surface area contributed by atoms with Crippen molar-refractivity contribution in [3.05, 3.63) is 63.9 Å². The first-order valence-corrected chi connectivity index (χ1v) is 6.85. The summed E-state index contributed by atoms with van der Waals surface area (Å²) in [5.41, 5.74) is 2.22. The lowest BCUT2D eigenvalue weighted by atomic mass is 10.1. The van der Waals surface area contributed by atoms with Crippen molar-refractivity contribution in [3.8, 4) is 11.5 Å². The van der Waals surface area contributed by atoms with Gasteiger partial charge in [0.1, 0.15) is 11.5 Å². The largest absolute Gasteiger partial charge is 0.497 e. The Bertz CT molecular complexity index is 763. The highest BCUT2D eigenvalue weighted by atomic mass is 35.5. The molecule has 3 nitrogen and oxygen atoms in total. The van der Waals surface area contributed by atoms with Gasteiger partial charge in [-0.15, -0.1) is 0 Å². The first-order valence-electron chi connectivity index (χ1n) is 6.47. The number of ether oxygens (including phenoxy) is 2. The number of hydrogen-bond donors (Lipinski definition) is 0. The lowest BCUT2D eigenvalue weighted by molar-refractivity contribution is 0.101. The molecule has 0 N–H and O–H groups in total. The summed E-state index contributed by atoms with van der Waals surface area (Å²) in [7, 11) is 1.60. The van der Waals surface area contributed by atoms with Crippen molar-refractivity contribution < 1.29 is 14.3 Å². The minimum absolute atomic E-state index is 0.158. The van der Waals surface area contributed by atoms with Gasteiger partial charge in [0.2, 0.25) is 5.78 Å². The maximum absolute atomic E-state index is 12.3. The molecule has 2 aromatic rings. The second kappa shape index (κ2) is 5.26. The van der Waals surface area contributed by atoms with Gasteiger partial charge in [-0.3, -0.25) is 4.79 Å². The highest BCUT2D eigenvalue weighted by Gasteiger charge is 2.28. The van der Waals surface area contributed by atoms with E-state index in [0.717, 1.165) is 16.9 Å². The van der Waals surface area contributed by atoms with Crippen molar-refractivity contribution in [3.63, 3.8) is 0 Å². The van der Waals surface area contributed by atoms with Crippen molar-refractivity contribution in [1.82, 2.24) is 0 Å². The molecule has 1 heterocycles. The Morgan fingerprint density at radius 2 is 2.05 bits per heavy atom. The van der Waals surface area contributed by atoms with Gasteiger partial charge >= 0.3 is 0 Å². The van der Waals surface area contributed by atoms with Crippen LogP contribution >= 0.6 is 11.6 Å². The molecule has 0 saturated carbocycles. The summed E-state index contributed by atoms with van der Waals surface area (Å²) in [4.78, 5) is 12.3. The Kier molecular flexibility index (Phi) is 3.43. The third kappa shape index (κ3) is 2.52. The van der Waals surface area contributed by atoms with Crippen LogP contribution < -0.4 is 9.47 Å². The molecule has 3 rings (SSSR count). The fourth-order valence-electron chi connectivity index (χ4n) is 2.19. The summed E-state index contributed by atoms with van der Waals surface area (Å²) in [6.07, 6.45) is 1.70. The highest BCUT2D eigenvalue weighted by molar-refractivity contribution is 6.32. The van der Waals surface area contributed by atoms with E-state index in [1.807, 2.05) is 31.2 Å². The van der Waals surface area contributed by atoms with Crippen LogP contribution in [0.15, 0.2) is 42.2 Å². The Morgan fingerprint density at radius 3 is 2.81 bits per heavy atom. The van der Waals surface area contributed by atoms with Crippen LogP contribution in [0.4, 0.5) is 0 Å². The Morgan fingerprint density at radius 1 is 1.24 bits per heavy atom. The summed E-state index contributed by atoms with van der Waals surface area (Å²) >= 11 is 6.06. The summed E-state index contributed by atoms with van der Waals surface area (Å²) in [5, 5.41) is 0.563. The number of carbonyl (C=O) groups excluding carboxylic acids is 1. The predicted octanol–water partition coefficient (Wildman–Crippen LogP) is 4.27. The maximum Gasteiger partial charge on any atom is 0.232 e. The molecule has 0 unspecified atom stereocenters. The molecular formula is C17H13ClO3. The van der Waals surface area contributed by atoms with E-state index in [1.54, 1.807) is 25.3 Å². The number of fused-ring (bicyclic) bond motifs is 1. The molecule has 1 aliphatic heterocycles. The second-order valence-corrected chi connectivity index (χ2v) is 5.22. The molecule has 2 aromatic carbocycles. The number of benzene rings is 2. The number of rotatable bonds is 2. The Balaban J connectivity index is 1.98. The molecular weight excluding hydrogens is 288 g/mol. The Labute approximate surface area is 127 Å². The maximum atomic E-state index is 12.3. The van der Waals surface area contributed by atoms with Gasteiger partial charge in [-0.05, 0) is 48.4 Å². The van der Waals surface area contributed by atoms with Crippen LogP contribution in [0.25, 0.3) is 6.08 Å². The van der Waals surface area contributed by atoms with Gasteiger partial charge in [0.15, 0.2) is 5.76 Å². The van der Waals surface area contributed by atoms with Gasteiger partial charge in [-0.2, -0.15) is 0 Å². The molecule has 4 heteroatoms. The van der Waals surface area contributed by atoms with Crippen molar-refractivity contribution >= 4 is 23.5 Å². The van der Waals surface area contributed by atoms with Gasteiger partial charge in [-0.25, -0.2) is 0 Å². The summed E-state index contributed by atoms with van der Waals surface area (Å²) in [6.45, 7) is 1.88. The average Bonchev–Trinajstić information content (AvgIpc) is 2.76. The molecule has 0 aromatic heterocycles. The van der Waals surface area contributed by atoms with Crippen molar-refractivity contribution in [2.24, 2.45) is 0 Å². The normalized spacial score (nSPS) is 15.0. The molecule has 0 fully saturated rings. The van der Waals surface area contributed by atoms with Gasteiger partial charge in [-0.1, -0.05) is 23.7 Å². The fourth-order valence-corrected chi connectivity index (χ4v) is 2.36. The fraction of sp³-hybridized carbons (Fsp3) is 0.118. The standard InChI is InChI=1S/C17H13ClO3/c1-10-6-15-13(9-14(10)18)17(19)16(21-15)8-11-4-3-5-12(7-11)20-2/h3-9H,1-2H3/b16-8-. The molecule has 0 amide bonds. The molecule has 0 radical (unpaired) electrons. The first-order chi connectivity index (χ1) is 10.1. The van der Waals surface area contributed by atoms with E-state index >= 15 is 0 Å². The van der Waals surface area contributed by atoms with Crippen LogP contribution in [-0.2, 0) is 0 Å². The molecule has 0 bridgehead atoms. The van der Waals surface area contributed by atoms with Crippen molar-refractivity contribution in [1.29, 1.82) is 0 Å². The number of aryl methyl sites for hydroxylation is 1. The predicted molar refractivity (Wildman–Crippen MR) is 82.1 cm³/mol. The van der Waals surface area contributed by atoms with E-state index in [4.69, 9.17) is 21.1 Å². The number of allylic oxidation sites excluding steroid dienone is 1. The second-order valence-electron chi connectivity index (χ2n) is 4.81. The lowest BCUT2D eigenvalue weighted by Gasteiger charge is -2.02. The number of halogens is 1. The average molecular weight is 301 g/mol. The lowest BCUT2D eigenvalue weighted by Crippen LogP contribution is -1.98. The zero-order valence-electron chi connectivity index (χ0n) is 11.6. The SMILES string of the molecule is COc1cccc(/C=C2\Oc3cc(C)c(Cl)cc3C2=O)c1. The van der Waals surface area contributed by atoms with Gasteiger partial charge < -0.3 is 9.47 Å². The van der Waals surface area contributed by atoms with E-state index < -0.39 is 0 Å². The highest BCUT2D eigenvalue weighted by Crippen LogP contribution is 2.35. The number of hydrogen-bond acceptors (Lipinski definition) is 3. The monoisotopic (exact) mass is 300 g/mol. The van der Waals surface area contributed by atoms with E-state index in [9.17, 15) is 4.79 Å². The van der Waals surface area contributed by atoms with E-state index in [0.29, 0.717) is 22.1 Å². The van der Waals surface area contributed by atoms with Crippen molar-refractivity contribution in [2.45, 2.75) is 6.92 Å². The minimum Gasteiger partial charge on any atom is -0.497 e. The van der Waals surface area contributed by atoms with Gasteiger partial charge in [0, 0.05) is 5.02 Å². The molecule has 0 saturated heterocycles. The zero-order chi connectivity index (χ0) is 15.0. The number of ketones is 1. The van der Waals surface area contributed by atoms with Crippen LogP contribution in [0.1, 0.15) is 21.5 Å². The van der Waals surface area contributed by atoms with Crippen LogP contribution in [0.2, 0.25) is 5.02 Å². The van der Waals surface area contributed by atoms with E-state index in [2.05, 4.69) is 0 Å². The molecule has 0 spiro atoms. The summed E-state index contributed by atoms with van der Waals surface area (Å²) in [6, 6.07) is 10.9. The molecule has 0 aliphatic carbocycles. The third-order valence-electron chi connectivity index (χ3n) is 3.34. The number of methoxy groups -OCH3 is 1. The zero-order valence-corrected chi connectivity index (χ0v) is 12.4. The molecule has 1 aliphatic rings. The summed E-state index contributed by atoms with van der Waals surface area (Å²) < 4.78 is 10.8. The first kappa shape index (κ1) is 13.7. The molecule has 21 heavy (non-hydrogen) atoms. The van der Waals surface area contributed by atoms with Crippen LogP contribution in [-0.4, -0.2) is 12.9 Å². The number of carbonyl (C=O) groups is 1. The van der Waals surface area contributed by atoms with Gasteiger partial charge in [0.05, 0.1) is 12.7 Å². The van der Waals surface area contributed by atoms with Crippen molar-refractivity contribution in [2.75, 3.05) is 7.11 Å². The van der Waals surface area contributed by atoms with Crippen LogP contribution in [0.3, 0.4) is 0 Å². The van der Waals surface area contributed by atoms with Crippen LogP contribution in [0.5, 0.6) is 11.5 Å². The van der Waals surface area contributed by atoms with Crippen LogP contribution in [0, 0.1) is 6.92 Å². The van der Waals surface area contributed by atoms with E-state index in [1.165, 1.54) is 0 Å². The third-order valence-corrected chi connectivity index (χ3v) is 3.75. The minimum atomic E-state index is -0.158. The van der Waals surface area contributed by atoms with Gasteiger partial charge in [0.25, 0.3) is 0 Å². The quantitative estimate of drug-likeness (QED) is 0.777. The summed E-state index contributed by atoms with van der Waals surface area (Å²) in [5.74, 6) is 1.41. The smallest absolute Gasteiger partial charge is 0.232 e. The number of Topliss-reactive ketones (excluding diaryl/α,β-unsaturated/α-hetero) is 1. The Hall–Kier alpha value is -2.26. The molecule has 0 atom stereocenters.